The largest absolute Gasteiger partial charge is 0.497 e. The number of methoxy groups -OCH3 is 1. The molecule has 2 heterocycles. The maximum Gasteiger partial charge on any atom is 0.119 e. The van der Waals surface area contributed by atoms with E-state index < -0.39 is 0 Å². The van der Waals surface area contributed by atoms with Crippen molar-refractivity contribution in [2.45, 2.75) is 0 Å². The van der Waals surface area contributed by atoms with E-state index in [1.165, 1.54) is 0 Å². The Bertz CT molecular complexity index is 686. The monoisotopic (exact) mass is 239 g/mol. The van der Waals surface area contributed by atoms with Crippen LogP contribution in [0, 0.1) is 0 Å². The Morgan fingerprint density at radius 2 is 2.06 bits per heavy atom. The Hall–Kier alpha value is -2.49. The van der Waals surface area contributed by atoms with Crippen LogP contribution >= 0.6 is 0 Å². The van der Waals surface area contributed by atoms with Crippen LogP contribution in [-0.2, 0) is 0 Å². The molecule has 0 unspecified atom stereocenters. The van der Waals surface area contributed by atoms with Crippen molar-refractivity contribution in [3.8, 4) is 17.1 Å². The zero-order valence-corrected chi connectivity index (χ0v) is 9.97. The predicted molar refractivity (Wildman–Crippen MR) is 72.5 cm³/mol. The molecule has 4 nitrogen and oxygen atoms in total. The van der Waals surface area contributed by atoms with Gasteiger partial charge in [0, 0.05) is 10.9 Å². The molecule has 4 heteroatoms. The zero-order valence-electron chi connectivity index (χ0n) is 9.97. The first-order chi connectivity index (χ1) is 8.76. The number of nitrogens with one attached hydrogen (secondary N) is 1. The molecule has 0 radical (unpaired) electrons. The smallest absolute Gasteiger partial charge is 0.119 e. The number of hydrogen-bond donors (Lipinski definition) is 2. The molecule has 0 amide bonds. The van der Waals surface area contributed by atoms with Crippen molar-refractivity contribution in [2.75, 3.05) is 12.8 Å². The van der Waals surface area contributed by atoms with Crippen LogP contribution < -0.4 is 10.5 Å². The fraction of sp³-hybridized carbons (Fsp3) is 0.0714. The second kappa shape index (κ2) is 4.07. The van der Waals surface area contributed by atoms with Gasteiger partial charge in [0.05, 0.1) is 30.4 Å². The van der Waals surface area contributed by atoms with Crippen molar-refractivity contribution < 1.29 is 4.74 Å². The molecular formula is C14H13N3O. The van der Waals surface area contributed by atoms with Gasteiger partial charge < -0.3 is 15.5 Å². The van der Waals surface area contributed by atoms with Crippen molar-refractivity contribution in [2.24, 2.45) is 0 Å². The number of nitrogens with zero attached hydrogens (tertiary/aromatic N) is 1. The molecule has 3 N–H and O–H groups in total. The number of fused-ring (bicyclic) bond motifs is 1. The summed E-state index contributed by atoms with van der Waals surface area (Å²) in [4.78, 5) is 7.62. The summed E-state index contributed by atoms with van der Waals surface area (Å²) in [7, 11) is 1.66. The van der Waals surface area contributed by atoms with Crippen LogP contribution in [0.5, 0.6) is 5.75 Å². The van der Waals surface area contributed by atoms with E-state index in [1.54, 1.807) is 13.3 Å². The third-order valence-electron chi connectivity index (χ3n) is 2.89. The van der Waals surface area contributed by atoms with Crippen LogP contribution in [0.1, 0.15) is 0 Å². The molecule has 0 aliphatic heterocycles. The summed E-state index contributed by atoms with van der Waals surface area (Å²) >= 11 is 0. The molecule has 0 saturated heterocycles. The van der Waals surface area contributed by atoms with Crippen LogP contribution in [0.3, 0.4) is 0 Å². The van der Waals surface area contributed by atoms with E-state index in [9.17, 15) is 0 Å². The summed E-state index contributed by atoms with van der Waals surface area (Å²) in [5.74, 6) is 0.846. The number of aromatic amines is 1. The first-order valence-corrected chi connectivity index (χ1v) is 5.65. The standard InChI is InChI=1S/C14H13N3O/c1-18-11-3-5-12-9(6-11)7-14(17-12)13-4-2-10(15)8-16-13/h2-8,17H,15H2,1H3. The topological polar surface area (TPSA) is 63.9 Å². The lowest BCUT2D eigenvalue weighted by Gasteiger charge is -1.97. The van der Waals surface area contributed by atoms with Crippen molar-refractivity contribution in [1.82, 2.24) is 9.97 Å². The average Bonchev–Trinajstić information content (AvgIpc) is 2.82. The lowest BCUT2D eigenvalue weighted by molar-refractivity contribution is 0.415. The van der Waals surface area contributed by atoms with Crippen LogP contribution in [0.2, 0.25) is 0 Å². The number of anilines is 1. The number of H-pyrrole nitrogens is 1. The average molecular weight is 239 g/mol. The molecule has 90 valence electrons. The van der Waals surface area contributed by atoms with Crippen LogP contribution in [0.25, 0.3) is 22.3 Å². The molecule has 2 aromatic heterocycles. The fourth-order valence-corrected chi connectivity index (χ4v) is 1.94. The summed E-state index contributed by atoms with van der Waals surface area (Å²) in [6.07, 6.45) is 1.65. The molecule has 0 bridgehead atoms. The molecule has 0 fully saturated rings. The molecule has 0 spiro atoms. The number of nitrogens with two attached hydrogens (primary N) is 1. The number of benzene rings is 1. The number of aromatic nitrogens is 2. The lowest BCUT2D eigenvalue weighted by atomic mass is 10.2. The summed E-state index contributed by atoms with van der Waals surface area (Å²) < 4.78 is 5.21. The van der Waals surface area contributed by atoms with Gasteiger partial charge in [-0.15, -0.1) is 0 Å². The maximum absolute atomic E-state index is 5.63. The highest BCUT2D eigenvalue weighted by Gasteiger charge is 2.05. The molecular weight excluding hydrogens is 226 g/mol. The van der Waals surface area contributed by atoms with Gasteiger partial charge in [0.15, 0.2) is 0 Å². The van der Waals surface area contributed by atoms with E-state index in [0.29, 0.717) is 5.69 Å². The van der Waals surface area contributed by atoms with Gasteiger partial charge in [0.2, 0.25) is 0 Å². The molecule has 3 aromatic rings. The van der Waals surface area contributed by atoms with Crippen molar-refractivity contribution >= 4 is 16.6 Å². The number of rotatable bonds is 2. The lowest BCUT2D eigenvalue weighted by Crippen LogP contribution is -1.87. The molecule has 0 atom stereocenters. The summed E-state index contributed by atoms with van der Waals surface area (Å²) in [5, 5.41) is 1.10. The first-order valence-electron chi connectivity index (χ1n) is 5.65. The highest BCUT2D eigenvalue weighted by molar-refractivity contribution is 5.86. The van der Waals surface area contributed by atoms with Gasteiger partial charge in [-0.25, -0.2) is 0 Å². The number of nitrogen functional groups attached to an aromatic ring is 1. The SMILES string of the molecule is COc1ccc2[nH]c(-c3ccc(N)cn3)cc2c1. The second-order valence-electron chi connectivity index (χ2n) is 4.11. The fourth-order valence-electron chi connectivity index (χ4n) is 1.94. The Morgan fingerprint density at radius 1 is 1.17 bits per heavy atom. The van der Waals surface area contributed by atoms with Crippen LogP contribution in [0.4, 0.5) is 5.69 Å². The van der Waals surface area contributed by atoms with E-state index in [0.717, 1.165) is 28.0 Å². The molecule has 0 aliphatic carbocycles. The van der Waals surface area contributed by atoms with Gasteiger partial charge in [-0.05, 0) is 36.4 Å². The van der Waals surface area contributed by atoms with Gasteiger partial charge in [-0.2, -0.15) is 0 Å². The van der Waals surface area contributed by atoms with Crippen molar-refractivity contribution in [3.05, 3.63) is 42.6 Å². The Labute approximate surface area is 104 Å². The van der Waals surface area contributed by atoms with E-state index in [1.807, 2.05) is 30.3 Å². The van der Waals surface area contributed by atoms with Gasteiger partial charge in [0.25, 0.3) is 0 Å². The summed E-state index contributed by atoms with van der Waals surface area (Å²) in [6.45, 7) is 0. The van der Waals surface area contributed by atoms with Crippen LogP contribution in [0.15, 0.2) is 42.6 Å². The number of hydrogen-bond acceptors (Lipinski definition) is 3. The summed E-state index contributed by atoms with van der Waals surface area (Å²) in [5.41, 5.74) is 9.20. The Morgan fingerprint density at radius 3 is 2.78 bits per heavy atom. The number of pyridine rings is 1. The van der Waals surface area contributed by atoms with Gasteiger partial charge in [-0.3, -0.25) is 4.98 Å². The molecule has 0 aliphatic rings. The van der Waals surface area contributed by atoms with Crippen molar-refractivity contribution in [3.63, 3.8) is 0 Å². The Balaban J connectivity index is 2.10. The number of ether oxygens (including phenoxy) is 1. The summed E-state index contributed by atoms with van der Waals surface area (Å²) in [6, 6.07) is 11.7. The Kier molecular flexibility index (Phi) is 2.41. The second-order valence-corrected chi connectivity index (χ2v) is 4.11. The highest BCUT2D eigenvalue weighted by Crippen LogP contribution is 2.26. The molecule has 18 heavy (non-hydrogen) atoms. The molecule has 3 rings (SSSR count). The first kappa shape index (κ1) is 10.7. The molecule has 1 aromatic carbocycles. The minimum absolute atomic E-state index is 0.663. The van der Waals surface area contributed by atoms with Gasteiger partial charge in [0.1, 0.15) is 5.75 Å². The quantitative estimate of drug-likeness (QED) is 0.722. The normalized spacial score (nSPS) is 10.7. The van der Waals surface area contributed by atoms with E-state index in [4.69, 9.17) is 10.5 Å². The third kappa shape index (κ3) is 1.78. The van der Waals surface area contributed by atoms with Gasteiger partial charge >= 0.3 is 0 Å². The van der Waals surface area contributed by atoms with Crippen molar-refractivity contribution in [1.29, 1.82) is 0 Å². The zero-order chi connectivity index (χ0) is 12.5. The van der Waals surface area contributed by atoms with Crippen LogP contribution in [-0.4, -0.2) is 17.1 Å². The molecule has 0 saturated carbocycles. The maximum atomic E-state index is 5.63. The third-order valence-corrected chi connectivity index (χ3v) is 2.89. The van der Waals surface area contributed by atoms with E-state index >= 15 is 0 Å². The predicted octanol–water partition coefficient (Wildman–Crippen LogP) is 2.82. The van der Waals surface area contributed by atoms with Gasteiger partial charge in [-0.1, -0.05) is 0 Å². The van der Waals surface area contributed by atoms with E-state index in [-0.39, 0.29) is 0 Å². The minimum atomic E-state index is 0.663. The minimum Gasteiger partial charge on any atom is -0.497 e. The van der Waals surface area contributed by atoms with E-state index in [2.05, 4.69) is 16.0 Å². The highest BCUT2D eigenvalue weighted by atomic mass is 16.5.